The van der Waals surface area contributed by atoms with Crippen molar-refractivity contribution in [1.29, 1.82) is 5.26 Å². The summed E-state index contributed by atoms with van der Waals surface area (Å²) in [4.78, 5) is 0. The Kier molecular flexibility index (Phi) is 6.31. The van der Waals surface area contributed by atoms with Crippen LogP contribution in [0.2, 0.25) is 0 Å². The van der Waals surface area contributed by atoms with Crippen molar-refractivity contribution in [2.75, 3.05) is 13.2 Å². The molecule has 1 aromatic carbocycles. The van der Waals surface area contributed by atoms with E-state index in [1.165, 1.54) is 5.56 Å². The molecule has 0 aliphatic rings. The summed E-state index contributed by atoms with van der Waals surface area (Å²) in [6.07, 6.45) is 3.03. The molecule has 0 radical (unpaired) electrons. The molecule has 0 aliphatic heterocycles. The van der Waals surface area contributed by atoms with Gasteiger partial charge < -0.3 is 10.4 Å². The lowest BCUT2D eigenvalue weighted by molar-refractivity contribution is 0.282. The molecule has 17 heavy (non-hydrogen) atoms. The smallest absolute Gasteiger partial charge is 0.0991 e. The Morgan fingerprint density at radius 2 is 1.94 bits per heavy atom. The third kappa shape index (κ3) is 4.99. The first-order valence-corrected chi connectivity index (χ1v) is 6.12. The molecule has 0 saturated carbocycles. The predicted molar refractivity (Wildman–Crippen MR) is 68.5 cm³/mol. The molecular formula is C14H20N2O. The molecule has 2 N–H and O–H groups in total. The third-order valence-electron chi connectivity index (χ3n) is 2.83. The molecule has 1 rings (SSSR count). The molecule has 1 aromatic rings. The maximum atomic E-state index is 8.70. The highest BCUT2D eigenvalue weighted by Gasteiger charge is 2.03. The van der Waals surface area contributed by atoms with Gasteiger partial charge in [-0.2, -0.15) is 5.26 Å². The van der Waals surface area contributed by atoms with Crippen molar-refractivity contribution < 1.29 is 5.11 Å². The molecule has 0 heterocycles. The Morgan fingerprint density at radius 1 is 1.24 bits per heavy atom. The normalized spacial score (nSPS) is 12.1. The molecular weight excluding hydrogens is 212 g/mol. The molecule has 1 atom stereocenters. The summed E-state index contributed by atoms with van der Waals surface area (Å²) in [5.41, 5.74) is 1.90. The van der Waals surface area contributed by atoms with Gasteiger partial charge in [0, 0.05) is 12.6 Å². The van der Waals surface area contributed by atoms with E-state index in [2.05, 4.69) is 18.3 Å². The number of benzene rings is 1. The Bertz CT molecular complexity index is 353. The van der Waals surface area contributed by atoms with E-state index in [4.69, 9.17) is 10.4 Å². The second kappa shape index (κ2) is 7.83. The molecule has 0 aliphatic carbocycles. The van der Waals surface area contributed by atoms with Gasteiger partial charge in [0.05, 0.1) is 11.6 Å². The summed E-state index contributed by atoms with van der Waals surface area (Å²) in [6, 6.07) is 10.1. The van der Waals surface area contributed by atoms with Crippen molar-refractivity contribution in [2.24, 2.45) is 0 Å². The van der Waals surface area contributed by atoms with Gasteiger partial charge in [-0.15, -0.1) is 0 Å². The van der Waals surface area contributed by atoms with Crippen molar-refractivity contribution in [3.8, 4) is 6.07 Å². The fourth-order valence-corrected chi connectivity index (χ4v) is 1.70. The largest absolute Gasteiger partial charge is 0.396 e. The van der Waals surface area contributed by atoms with Crippen LogP contribution in [-0.2, 0) is 0 Å². The number of unbranched alkanes of at least 4 members (excludes halogenated alkanes) is 2. The highest BCUT2D eigenvalue weighted by molar-refractivity contribution is 5.32. The number of aliphatic hydroxyl groups excluding tert-OH is 1. The van der Waals surface area contributed by atoms with Gasteiger partial charge >= 0.3 is 0 Å². The van der Waals surface area contributed by atoms with Gasteiger partial charge in [-0.3, -0.25) is 0 Å². The Hall–Kier alpha value is -1.37. The Balaban J connectivity index is 2.31. The van der Waals surface area contributed by atoms with Gasteiger partial charge in [0.15, 0.2) is 0 Å². The maximum Gasteiger partial charge on any atom is 0.0991 e. The summed E-state index contributed by atoms with van der Waals surface area (Å²) >= 11 is 0. The number of hydrogen-bond donors (Lipinski definition) is 2. The van der Waals surface area contributed by atoms with Crippen LogP contribution in [-0.4, -0.2) is 18.3 Å². The summed E-state index contributed by atoms with van der Waals surface area (Å²) in [7, 11) is 0. The van der Waals surface area contributed by atoms with Crippen LogP contribution in [0.1, 0.15) is 43.4 Å². The van der Waals surface area contributed by atoms with Gasteiger partial charge in [-0.1, -0.05) is 12.1 Å². The first kappa shape index (κ1) is 13.7. The summed E-state index contributed by atoms with van der Waals surface area (Å²) in [5, 5.41) is 20.8. The number of nitrogens with zero attached hydrogens (tertiary/aromatic N) is 1. The molecule has 3 nitrogen and oxygen atoms in total. The summed E-state index contributed by atoms with van der Waals surface area (Å²) < 4.78 is 0. The van der Waals surface area contributed by atoms with Gasteiger partial charge in [-0.05, 0) is 50.4 Å². The average Bonchev–Trinajstić information content (AvgIpc) is 2.38. The number of nitrogens with one attached hydrogen (secondary N) is 1. The van der Waals surface area contributed by atoms with Crippen molar-refractivity contribution >= 4 is 0 Å². The number of rotatable bonds is 7. The predicted octanol–water partition coefficient (Wildman–Crippen LogP) is 2.37. The number of aliphatic hydroxyl groups is 1. The molecule has 0 amide bonds. The van der Waals surface area contributed by atoms with Crippen molar-refractivity contribution in [2.45, 2.75) is 32.2 Å². The molecule has 0 aromatic heterocycles. The van der Waals surface area contributed by atoms with E-state index in [1.54, 1.807) is 0 Å². The van der Waals surface area contributed by atoms with Crippen LogP contribution < -0.4 is 5.32 Å². The summed E-state index contributed by atoms with van der Waals surface area (Å²) in [6.45, 7) is 3.36. The minimum atomic E-state index is 0.283. The van der Waals surface area contributed by atoms with Crippen molar-refractivity contribution in [3.63, 3.8) is 0 Å². The molecule has 0 saturated heterocycles. The molecule has 0 fully saturated rings. The minimum Gasteiger partial charge on any atom is -0.396 e. The minimum absolute atomic E-state index is 0.283. The fourth-order valence-electron chi connectivity index (χ4n) is 1.70. The summed E-state index contributed by atoms with van der Waals surface area (Å²) in [5.74, 6) is 0. The van der Waals surface area contributed by atoms with E-state index in [0.29, 0.717) is 11.6 Å². The van der Waals surface area contributed by atoms with Crippen LogP contribution in [0.25, 0.3) is 0 Å². The lowest BCUT2D eigenvalue weighted by Crippen LogP contribution is -2.19. The maximum absolute atomic E-state index is 8.70. The first-order valence-electron chi connectivity index (χ1n) is 6.12. The monoisotopic (exact) mass is 232 g/mol. The Morgan fingerprint density at radius 3 is 2.53 bits per heavy atom. The van der Waals surface area contributed by atoms with Gasteiger partial charge in [0.2, 0.25) is 0 Å². The molecule has 92 valence electrons. The van der Waals surface area contributed by atoms with Crippen molar-refractivity contribution in [1.82, 2.24) is 5.32 Å². The Labute approximate surface area is 103 Å². The number of hydrogen-bond acceptors (Lipinski definition) is 3. The van der Waals surface area contributed by atoms with Gasteiger partial charge in [0.1, 0.15) is 0 Å². The second-order valence-electron chi connectivity index (χ2n) is 4.19. The topological polar surface area (TPSA) is 56.0 Å². The molecule has 0 bridgehead atoms. The lowest BCUT2D eigenvalue weighted by Gasteiger charge is -2.14. The van der Waals surface area contributed by atoms with Crippen LogP contribution in [0.3, 0.4) is 0 Å². The van der Waals surface area contributed by atoms with E-state index in [0.717, 1.165) is 25.8 Å². The van der Waals surface area contributed by atoms with Crippen LogP contribution in [0.5, 0.6) is 0 Å². The second-order valence-corrected chi connectivity index (χ2v) is 4.19. The average molecular weight is 232 g/mol. The van der Waals surface area contributed by atoms with E-state index >= 15 is 0 Å². The number of nitriles is 1. The molecule has 3 heteroatoms. The highest BCUT2D eigenvalue weighted by atomic mass is 16.2. The first-order chi connectivity index (χ1) is 8.27. The standard InChI is InChI=1S/C14H20N2O/c1-12(16-9-3-2-4-10-17)14-7-5-13(11-15)6-8-14/h5-8,12,16-17H,2-4,9-10H2,1H3. The van der Waals surface area contributed by atoms with Crippen LogP contribution in [0.4, 0.5) is 0 Å². The van der Waals surface area contributed by atoms with Crippen LogP contribution >= 0.6 is 0 Å². The van der Waals surface area contributed by atoms with E-state index < -0.39 is 0 Å². The van der Waals surface area contributed by atoms with E-state index in [-0.39, 0.29) is 6.61 Å². The zero-order valence-electron chi connectivity index (χ0n) is 10.3. The van der Waals surface area contributed by atoms with Crippen molar-refractivity contribution in [3.05, 3.63) is 35.4 Å². The quantitative estimate of drug-likeness (QED) is 0.710. The van der Waals surface area contributed by atoms with E-state index in [1.807, 2.05) is 24.3 Å². The lowest BCUT2D eigenvalue weighted by atomic mass is 10.1. The third-order valence-corrected chi connectivity index (χ3v) is 2.83. The van der Waals surface area contributed by atoms with Crippen LogP contribution in [0.15, 0.2) is 24.3 Å². The fraction of sp³-hybridized carbons (Fsp3) is 0.500. The SMILES string of the molecule is CC(NCCCCCO)c1ccc(C#N)cc1. The molecule has 0 spiro atoms. The van der Waals surface area contributed by atoms with Gasteiger partial charge in [-0.25, -0.2) is 0 Å². The van der Waals surface area contributed by atoms with Crippen LogP contribution in [0, 0.1) is 11.3 Å². The van der Waals surface area contributed by atoms with E-state index in [9.17, 15) is 0 Å². The molecule has 1 unspecified atom stereocenters. The zero-order valence-corrected chi connectivity index (χ0v) is 10.3. The highest BCUT2D eigenvalue weighted by Crippen LogP contribution is 2.13. The zero-order chi connectivity index (χ0) is 12.5. The van der Waals surface area contributed by atoms with Gasteiger partial charge in [0.25, 0.3) is 0 Å².